The molecule has 0 bridgehead atoms. The Balaban J connectivity index is 1.66. The van der Waals surface area contributed by atoms with Gasteiger partial charge in [-0.3, -0.25) is 9.80 Å². The Hall–Kier alpha value is -0.200. The monoisotopic (exact) mass is 341 g/mol. The lowest BCUT2D eigenvalue weighted by atomic mass is 9.90. The largest absolute Gasteiger partial charge is 0.382 e. The summed E-state index contributed by atoms with van der Waals surface area (Å²) < 4.78 is 10.8. The molecule has 0 aromatic rings. The summed E-state index contributed by atoms with van der Waals surface area (Å²) in [7, 11) is 6.13. The summed E-state index contributed by atoms with van der Waals surface area (Å²) in [6.45, 7) is 13.2. The molecule has 0 N–H and O–H groups in total. The molecule has 2 saturated heterocycles. The van der Waals surface area contributed by atoms with E-state index >= 15 is 0 Å². The fourth-order valence-corrected chi connectivity index (χ4v) is 3.83. The fourth-order valence-electron chi connectivity index (χ4n) is 3.83. The van der Waals surface area contributed by atoms with Crippen molar-refractivity contribution in [3.05, 3.63) is 0 Å². The number of hydrogen-bond acceptors (Lipinski definition) is 5. The normalized spacial score (nSPS) is 25.4. The number of hydrogen-bond donors (Lipinski definition) is 0. The molecule has 2 unspecified atom stereocenters. The summed E-state index contributed by atoms with van der Waals surface area (Å²) in [5.74, 6) is 0. The van der Waals surface area contributed by atoms with Crippen LogP contribution >= 0.6 is 0 Å². The van der Waals surface area contributed by atoms with Crippen LogP contribution in [-0.2, 0) is 9.47 Å². The maximum Gasteiger partial charge on any atom is 0.0830 e. The maximum atomic E-state index is 5.81. The molecule has 0 aromatic carbocycles. The molecule has 0 amide bonds. The van der Waals surface area contributed by atoms with Crippen LogP contribution in [0.4, 0.5) is 0 Å². The lowest BCUT2D eigenvalue weighted by molar-refractivity contribution is -0.103. The van der Waals surface area contributed by atoms with Crippen molar-refractivity contribution >= 4 is 0 Å². The number of methoxy groups -OCH3 is 1. The van der Waals surface area contributed by atoms with E-state index in [9.17, 15) is 0 Å². The first-order valence-electron chi connectivity index (χ1n) is 9.59. The molecule has 2 rings (SSSR count). The van der Waals surface area contributed by atoms with Crippen molar-refractivity contribution in [3.63, 3.8) is 0 Å². The average molecular weight is 342 g/mol. The van der Waals surface area contributed by atoms with Gasteiger partial charge in [0, 0.05) is 50.9 Å². The van der Waals surface area contributed by atoms with Gasteiger partial charge in [-0.1, -0.05) is 0 Å². The zero-order valence-electron chi connectivity index (χ0n) is 16.8. The quantitative estimate of drug-likeness (QED) is 0.566. The molecule has 0 spiro atoms. The molecule has 0 saturated carbocycles. The number of likely N-dealkylation sites (tertiary alicyclic amines) is 2. The Morgan fingerprint density at radius 1 is 1.17 bits per heavy atom. The van der Waals surface area contributed by atoms with E-state index in [0.717, 1.165) is 19.1 Å². The summed E-state index contributed by atoms with van der Waals surface area (Å²) in [5.41, 5.74) is 0.274. The van der Waals surface area contributed by atoms with Crippen molar-refractivity contribution in [1.82, 2.24) is 14.7 Å². The van der Waals surface area contributed by atoms with Crippen molar-refractivity contribution in [2.45, 2.75) is 63.8 Å². The SMILES string of the molecule is COCCOC1CN(C(C)(C)CCC(C)N2CCC(N(C)C)C2)C1. The molecular weight excluding hydrogens is 302 g/mol. The fraction of sp³-hybridized carbons (Fsp3) is 1.00. The van der Waals surface area contributed by atoms with Crippen molar-refractivity contribution in [2.24, 2.45) is 0 Å². The standard InChI is InChI=1S/C19H39N3O2/c1-16(21-10-8-17(13-21)20(4)5)7-9-19(2,3)22-14-18(15-22)24-12-11-23-6/h16-18H,7-15H2,1-6H3. The van der Waals surface area contributed by atoms with E-state index in [0.29, 0.717) is 25.4 Å². The molecule has 2 aliphatic rings. The highest BCUT2D eigenvalue weighted by molar-refractivity contribution is 4.93. The lowest BCUT2D eigenvalue weighted by Crippen LogP contribution is -2.61. The van der Waals surface area contributed by atoms with Crippen molar-refractivity contribution < 1.29 is 9.47 Å². The van der Waals surface area contributed by atoms with E-state index in [1.165, 1.54) is 32.4 Å². The molecule has 0 aliphatic carbocycles. The molecule has 142 valence electrons. The van der Waals surface area contributed by atoms with Crippen LogP contribution in [0.2, 0.25) is 0 Å². The molecule has 2 heterocycles. The first-order chi connectivity index (χ1) is 11.3. The lowest BCUT2D eigenvalue weighted by Gasteiger charge is -2.49. The van der Waals surface area contributed by atoms with Gasteiger partial charge in [0.1, 0.15) is 0 Å². The van der Waals surface area contributed by atoms with Gasteiger partial charge in [0.15, 0.2) is 0 Å². The van der Waals surface area contributed by atoms with Gasteiger partial charge in [0.05, 0.1) is 19.3 Å². The Morgan fingerprint density at radius 3 is 2.46 bits per heavy atom. The minimum atomic E-state index is 0.274. The van der Waals surface area contributed by atoms with Gasteiger partial charge in [-0.15, -0.1) is 0 Å². The average Bonchev–Trinajstić information content (AvgIpc) is 2.97. The van der Waals surface area contributed by atoms with Crippen molar-refractivity contribution in [2.75, 3.05) is 60.6 Å². The number of likely N-dealkylation sites (N-methyl/N-ethyl adjacent to an activating group) is 1. The molecule has 5 nitrogen and oxygen atoms in total. The predicted octanol–water partition coefficient (Wildman–Crippen LogP) is 1.92. The third-order valence-corrected chi connectivity index (χ3v) is 6.07. The summed E-state index contributed by atoms with van der Waals surface area (Å²) >= 11 is 0. The molecule has 24 heavy (non-hydrogen) atoms. The van der Waals surface area contributed by atoms with E-state index in [2.05, 4.69) is 49.6 Å². The summed E-state index contributed by atoms with van der Waals surface area (Å²) in [6.07, 6.45) is 4.24. The minimum Gasteiger partial charge on any atom is -0.382 e. The molecule has 0 radical (unpaired) electrons. The summed E-state index contributed by atoms with van der Waals surface area (Å²) in [6, 6.07) is 1.42. The first kappa shape index (κ1) is 20.1. The van der Waals surface area contributed by atoms with E-state index in [-0.39, 0.29) is 5.54 Å². The van der Waals surface area contributed by atoms with Crippen molar-refractivity contribution in [3.8, 4) is 0 Å². The van der Waals surface area contributed by atoms with Gasteiger partial charge >= 0.3 is 0 Å². The third kappa shape index (κ3) is 5.40. The Kier molecular flexibility index (Phi) is 7.50. The highest BCUT2D eigenvalue weighted by Gasteiger charge is 2.38. The van der Waals surface area contributed by atoms with Crippen LogP contribution in [0.5, 0.6) is 0 Å². The molecule has 2 atom stereocenters. The molecule has 0 aromatic heterocycles. The van der Waals surface area contributed by atoms with Crippen LogP contribution in [0.25, 0.3) is 0 Å². The second-order valence-electron chi connectivity index (χ2n) is 8.49. The van der Waals surface area contributed by atoms with Crippen molar-refractivity contribution in [1.29, 1.82) is 0 Å². The van der Waals surface area contributed by atoms with Gasteiger partial charge in [0.2, 0.25) is 0 Å². The van der Waals surface area contributed by atoms with Gasteiger partial charge in [-0.05, 0) is 54.1 Å². The van der Waals surface area contributed by atoms with Gasteiger partial charge < -0.3 is 14.4 Å². The Morgan fingerprint density at radius 2 is 1.88 bits per heavy atom. The molecule has 2 aliphatic heterocycles. The Labute approximate surface area is 149 Å². The van der Waals surface area contributed by atoms with Crippen LogP contribution in [0.3, 0.4) is 0 Å². The first-order valence-corrected chi connectivity index (χ1v) is 9.59. The van der Waals surface area contributed by atoms with Gasteiger partial charge in [-0.25, -0.2) is 0 Å². The van der Waals surface area contributed by atoms with E-state index in [1.54, 1.807) is 7.11 Å². The zero-order valence-corrected chi connectivity index (χ0v) is 16.8. The van der Waals surface area contributed by atoms with Crippen LogP contribution < -0.4 is 0 Å². The minimum absolute atomic E-state index is 0.274. The molecule has 5 heteroatoms. The van der Waals surface area contributed by atoms with Crippen LogP contribution in [0.15, 0.2) is 0 Å². The second kappa shape index (κ2) is 8.95. The predicted molar refractivity (Wildman–Crippen MR) is 99.6 cm³/mol. The van der Waals surface area contributed by atoms with Crippen LogP contribution in [-0.4, -0.2) is 99.0 Å². The smallest absolute Gasteiger partial charge is 0.0830 e. The number of ether oxygens (including phenoxy) is 2. The molecule has 2 fully saturated rings. The second-order valence-corrected chi connectivity index (χ2v) is 8.49. The third-order valence-electron chi connectivity index (χ3n) is 6.07. The summed E-state index contributed by atoms with van der Waals surface area (Å²) in [5, 5.41) is 0. The molecular formula is C19H39N3O2. The van der Waals surface area contributed by atoms with E-state index < -0.39 is 0 Å². The van der Waals surface area contributed by atoms with Crippen LogP contribution in [0, 0.1) is 0 Å². The van der Waals surface area contributed by atoms with Crippen LogP contribution in [0.1, 0.15) is 40.0 Å². The van der Waals surface area contributed by atoms with E-state index in [4.69, 9.17) is 9.47 Å². The highest BCUT2D eigenvalue weighted by Crippen LogP contribution is 2.29. The van der Waals surface area contributed by atoms with E-state index in [1.807, 2.05) is 0 Å². The highest BCUT2D eigenvalue weighted by atomic mass is 16.5. The van der Waals surface area contributed by atoms with Gasteiger partial charge in [0.25, 0.3) is 0 Å². The number of nitrogens with zero attached hydrogens (tertiary/aromatic N) is 3. The summed E-state index contributed by atoms with van der Waals surface area (Å²) in [4.78, 5) is 7.62. The zero-order chi connectivity index (χ0) is 17.7. The van der Waals surface area contributed by atoms with Gasteiger partial charge in [-0.2, -0.15) is 0 Å². The number of rotatable bonds is 10. The Bertz CT molecular complexity index is 370. The maximum absolute atomic E-state index is 5.81. The topological polar surface area (TPSA) is 28.2 Å².